The van der Waals surface area contributed by atoms with Crippen molar-refractivity contribution in [1.82, 2.24) is 20.2 Å². The fraction of sp³-hybridized carbons (Fsp3) is 0.450. The minimum atomic E-state index is -0.0665. The number of nitrogens with one attached hydrogen (secondary N) is 1. The van der Waals surface area contributed by atoms with Crippen LogP contribution in [0.3, 0.4) is 0 Å². The molecule has 0 saturated heterocycles. The lowest BCUT2D eigenvalue weighted by Crippen LogP contribution is -2.41. The zero-order valence-electron chi connectivity index (χ0n) is 15.1. The number of ether oxygens (including phenoxy) is 1. The molecular weight excluding hydrogens is 328 g/mol. The van der Waals surface area contributed by atoms with Crippen LogP contribution in [-0.2, 0) is 25.8 Å². The number of nitrogens with zero attached hydrogens (tertiary/aromatic N) is 3. The van der Waals surface area contributed by atoms with Gasteiger partial charge in [0.25, 0.3) is 0 Å². The first kappa shape index (κ1) is 16.8. The number of urea groups is 1. The lowest BCUT2D eigenvalue weighted by atomic mass is 10.2. The number of carbonyl (C=O) groups excluding carboxylic acids is 1. The molecule has 26 heavy (non-hydrogen) atoms. The molecule has 0 atom stereocenters. The van der Waals surface area contributed by atoms with Crippen molar-refractivity contribution in [3.05, 3.63) is 52.6 Å². The molecule has 2 amide bonds. The van der Waals surface area contributed by atoms with Gasteiger partial charge >= 0.3 is 6.03 Å². The normalized spacial score (nSPS) is 15.7. The molecule has 2 heterocycles. The second-order valence-corrected chi connectivity index (χ2v) is 6.86. The molecule has 0 spiro atoms. The Kier molecular flexibility index (Phi) is 4.73. The summed E-state index contributed by atoms with van der Waals surface area (Å²) < 4.78 is 5.72. The number of aryl methyl sites for hydroxylation is 2. The van der Waals surface area contributed by atoms with Gasteiger partial charge in [-0.1, -0.05) is 18.2 Å². The molecular formula is C20H24N4O2. The largest absolute Gasteiger partial charge is 0.491 e. The average Bonchev–Trinajstić information content (AvgIpc) is 3.00. The van der Waals surface area contributed by atoms with E-state index >= 15 is 0 Å². The van der Waals surface area contributed by atoms with Gasteiger partial charge in [-0.2, -0.15) is 0 Å². The Balaban J connectivity index is 1.34. The zero-order valence-corrected chi connectivity index (χ0v) is 15.1. The summed E-state index contributed by atoms with van der Waals surface area (Å²) in [7, 11) is 0. The summed E-state index contributed by atoms with van der Waals surface area (Å²) in [4.78, 5) is 23.6. The molecule has 0 saturated carbocycles. The van der Waals surface area contributed by atoms with Crippen LogP contribution in [0.15, 0.2) is 24.3 Å². The first-order chi connectivity index (χ1) is 12.7. The third-order valence-corrected chi connectivity index (χ3v) is 5.05. The van der Waals surface area contributed by atoms with E-state index in [0.717, 1.165) is 35.7 Å². The van der Waals surface area contributed by atoms with Crippen LogP contribution in [0.5, 0.6) is 5.75 Å². The van der Waals surface area contributed by atoms with Gasteiger partial charge in [-0.3, -0.25) is 0 Å². The monoisotopic (exact) mass is 352 g/mol. The van der Waals surface area contributed by atoms with E-state index in [4.69, 9.17) is 4.74 Å². The minimum absolute atomic E-state index is 0.0665. The van der Waals surface area contributed by atoms with E-state index in [9.17, 15) is 4.79 Å². The third kappa shape index (κ3) is 3.49. The van der Waals surface area contributed by atoms with Gasteiger partial charge in [0.2, 0.25) is 0 Å². The Morgan fingerprint density at radius 2 is 2.15 bits per heavy atom. The number of carbonyl (C=O) groups is 1. The van der Waals surface area contributed by atoms with Gasteiger partial charge in [0, 0.05) is 29.9 Å². The highest BCUT2D eigenvalue weighted by Gasteiger charge is 2.20. The maximum absolute atomic E-state index is 12.5. The van der Waals surface area contributed by atoms with Crippen molar-refractivity contribution in [2.75, 3.05) is 19.7 Å². The number of aromatic nitrogens is 2. The Hall–Kier alpha value is -2.63. The summed E-state index contributed by atoms with van der Waals surface area (Å²) in [5, 5.41) is 3.00. The van der Waals surface area contributed by atoms with Crippen LogP contribution in [0, 0.1) is 6.92 Å². The summed E-state index contributed by atoms with van der Waals surface area (Å²) in [6.45, 7) is 4.25. The van der Waals surface area contributed by atoms with E-state index in [2.05, 4.69) is 22.2 Å². The van der Waals surface area contributed by atoms with E-state index in [-0.39, 0.29) is 6.03 Å². The van der Waals surface area contributed by atoms with Crippen LogP contribution in [0.2, 0.25) is 0 Å². The number of benzene rings is 1. The summed E-state index contributed by atoms with van der Waals surface area (Å²) in [5.74, 6) is 1.69. The van der Waals surface area contributed by atoms with Crippen LogP contribution in [0.4, 0.5) is 4.79 Å². The van der Waals surface area contributed by atoms with E-state index in [0.29, 0.717) is 32.7 Å². The zero-order chi connectivity index (χ0) is 17.9. The second kappa shape index (κ2) is 7.32. The maximum Gasteiger partial charge on any atom is 0.317 e. The highest BCUT2D eigenvalue weighted by Crippen LogP contribution is 2.23. The van der Waals surface area contributed by atoms with Gasteiger partial charge in [0.15, 0.2) is 0 Å². The fourth-order valence-corrected chi connectivity index (χ4v) is 3.69. The van der Waals surface area contributed by atoms with E-state index in [1.54, 1.807) is 4.90 Å². The molecule has 1 aromatic carbocycles. The number of rotatable bonds is 3. The molecule has 4 rings (SSSR count). The number of hydrogen-bond donors (Lipinski definition) is 1. The van der Waals surface area contributed by atoms with Crippen molar-refractivity contribution in [3.8, 4) is 5.75 Å². The highest BCUT2D eigenvalue weighted by atomic mass is 16.5. The van der Waals surface area contributed by atoms with E-state index in [1.807, 2.05) is 24.3 Å². The van der Waals surface area contributed by atoms with Crippen molar-refractivity contribution in [2.24, 2.45) is 0 Å². The lowest BCUT2D eigenvalue weighted by molar-refractivity contribution is 0.188. The van der Waals surface area contributed by atoms with Gasteiger partial charge in [0.1, 0.15) is 18.2 Å². The molecule has 0 bridgehead atoms. The van der Waals surface area contributed by atoms with E-state index in [1.165, 1.54) is 17.7 Å². The van der Waals surface area contributed by atoms with Crippen molar-refractivity contribution in [1.29, 1.82) is 0 Å². The predicted molar refractivity (Wildman–Crippen MR) is 98.2 cm³/mol. The SMILES string of the molecule is Cc1nc(CCNC(=O)N2CCOc3ccccc3C2)nc2c1CCC2. The molecule has 0 unspecified atom stereocenters. The molecule has 6 heteroatoms. The lowest BCUT2D eigenvalue weighted by Gasteiger charge is -2.20. The number of amides is 2. The quantitative estimate of drug-likeness (QED) is 0.921. The Morgan fingerprint density at radius 3 is 3.08 bits per heavy atom. The molecule has 2 aromatic rings. The van der Waals surface area contributed by atoms with Crippen LogP contribution < -0.4 is 10.1 Å². The molecule has 1 aliphatic heterocycles. The topological polar surface area (TPSA) is 67.4 Å². The molecule has 0 fully saturated rings. The highest BCUT2D eigenvalue weighted by molar-refractivity contribution is 5.74. The number of fused-ring (bicyclic) bond motifs is 2. The molecule has 0 radical (unpaired) electrons. The van der Waals surface area contributed by atoms with E-state index < -0.39 is 0 Å². The summed E-state index contributed by atoms with van der Waals surface area (Å²) >= 11 is 0. The molecule has 1 aromatic heterocycles. The summed E-state index contributed by atoms with van der Waals surface area (Å²) in [6.07, 6.45) is 3.96. The van der Waals surface area contributed by atoms with Crippen molar-refractivity contribution in [2.45, 2.75) is 39.2 Å². The molecule has 2 aliphatic rings. The fourth-order valence-electron chi connectivity index (χ4n) is 3.69. The molecule has 1 N–H and O–H groups in total. The van der Waals surface area contributed by atoms with Crippen LogP contribution >= 0.6 is 0 Å². The van der Waals surface area contributed by atoms with Gasteiger partial charge in [-0.25, -0.2) is 14.8 Å². The minimum Gasteiger partial charge on any atom is -0.491 e. The second-order valence-electron chi connectivity index (χ2n) is 6.86. The van der Waals surface area contributed by atoms with Crippen molar-refractivity contribution in [3.63, 3.8) is 0 Å². The Labute approximate surface area is 153 Å². The van der Waals surface area contributed by atoms with Gasteiger partial charge in [-0.15, -0.1) is 0 Å². The smallest absolute Gasteiger partial charge is 0.317 e. The van der Waals surface area contributed by atoms with Gasteiger partial charge in [0.05, 0.1) is 13.1 Å². The first-order valence-electron chi connectivity index (χ1n) is 9.29. The standard InChI is InChI=1S/C20H24N4O2/c1-14-16-6-4-7-17(16)23-19(22-14)9-10-21-20(25)24-11-12-26-18-8-3-2-5-15(18)13-24/h2-3,5,8H,4,6-7,9-13H2,1H3,(H,21,25). The summed E-state index contributed by atoms with van der Waals surface area (Å²) in [6, 6.07) is 7.81. The van der Waals surface area contributed by atoms with Crippen molar-refractivity contribution >= 4 is 6.03 Å². The third-order valence-electron chi connectivity index (χ3n) is 5.05. The maximum atomic E-state index is 12.5. The first-order valence-corrected chi connectivity index (χ1v) is 9.29. The van der Waals surface area contributed by atoms with Gasteiger partial charge in [-0.05, 0) is 37.8 Å². The Bertz CT molecular complexity index is 821. The molecule has 6 nitrogen and oxygen atoms in total. The van der Waals surface area contributed by atoms with Crippen molar-refractivity contribution < 1.29 is 9.53 Å². The van der Waals surface area contributed by atoms with Crippen LogP contribution in [0.25, 0.3) is 0 Å². The van der Waals surface area contributed by atoms with Gasteiger partial charge < -0.3 is 15.0 Å². The predicted octanol–water partition coefficient (Wildman–Crippen LogP) is 2.42. The number of hydrogen-bond acceptors (Lipinski definition) is 4. The number of para-hydroxylation sites is 1. The molecule has 1 aliphatic carbocycles. The van der Waals surface area contributed by atoms with Crippen LogP contribution in [-0.4, -0.2) is 40.6 Å². The molecule has 136 valence electrons. The van der Waals surface area contributed by atoms with Crippen LogP contribution in [0.1, 0.15) is 34.8 Å². The average molecular weight is 352 g/mol. The Morgan fingerprint density at radius 1 is 1.27 bits per heavy atom. The summed E-state index contributed by atoms with van der Waals surface area (Å²) in [5.41, 5.74) is 4.65.